The van der Waals surface area contributed by atoms with Crippen molar-refractivity contribution >= 4 is 32.0 Å². The number of unbranched alkanes of at least 4 members (excludes halogenated alkanes) is 1. The summed E-state index contributed by atoms with van der Waals surface area (Å²) in [5, 5.41) is 0. The SMILES string of the molecule is CCCCOc1cc(C)c(C(=O)OC)c(OS(=O)(=O)C(F)(F)F)c1Br. The average Bonchev–Trinajstić information content (AvgIpc) is 2.50. The van der Waals surface area contributed by atoms with Gasteiger partial charge < -0.3 is 13.7 Å². The van der Waals surface area contributed by atoms with E-state index >= 15 is 0 Å². The fourth-order valence-electron chi connectivity index (χ4n) is 1.76. The van der Waals surface area contributed by atoms with Crippen LogP contribution in [0.3, 0.4) is 0 Å². The summed E-state index contributed by atoms with van der Waals surface area (Å²) >= 11 is 2.95. The summed E-state index contributed by atoms with van der Waals surface area (Å²) in [7, 11) is -4.99. The van der Waals surface area contributed by atoms with Crippen molar-refractivity contribution in [3.63, 3.8) is 0 Å². The highest BCUT2D eigenvalue weighted by molar-refractivity contribution is 9.10. The lowest BCUT2D eigenvalue weighted by molar-refractivity contribution is -0.0500. The summed E-state index contributed by atoms with van der Waals surface area (Å²) < 4.78 is 74.5. The first-order chi connectivity index (χ1) is 11.5. The predicted molar refractivity (Wildman–Crippen MR) is 86.2 cm³/mol. The monoisotopic (exact) mass is 448 g/mol. The lowest BCUT2D eigenvalue weighted by Crippen LogP contribution is -2.29. The molecule has 0 N–H and O–H groups in total. The van der Waals surface area contributed by atoms with Gasteiger partial charge in [0, 0.05) is 0 Å². The third kappa shape index (κ3) is 5.00. The van der Waals surface area contributed by atoms with Crippen LogP contribution < -0.4 is 8.92 Å². The topological polar surface area (TPSA) is 78.9 Å². The molecule has 0 saturated heterocycles. The molecule has 0 aliphatic rings. The van der Waals surface area contributed by atoms with E-state index in [0.29, 0.717) is 6.42 Å². The Hall–Kier alpha value is -1.49. The summed E-state index contributed by atoms with van der Waals surface area (Å²) in [5.41, 5.74) is -5.98. The van der Waals surface area contributed by atoms with Crippen LogP contribution in [0.5, 0.6) is 11.5 Å². The fraction of sp³-hybridized carbons (Fsp3) is 0.500. The Bertz CT molecular complexity index is 746. The molecule has 0 radical (unpaired) electrons. The predicted octanol–water partition coefficient (Wildman–Crippen LogP) is 3.95. The first kappa shape index (κ1) is 21.6. The zero-order valence-corrected chi connectivity index (χ0v) is 16.0. The molecule has 0 aliphatic carbocycles. The van der Waals surface area contributed by atoms with Crippen LogP contribution in [0.1, 0.15) is 35.7 Å². The summed E-state index contributed by atoms with van der Waals surface area (Å²) in [5.74, 6) is -1.84. The quantitative estimate of drug-likeness (QED) is 0.272. The van der Waals surface area contributed by atoms with Crippen LogP contribution in [0, 0.1) is 6.92 Å². The minimum absolute atomic E-state index is 0.0472. The largest absolute Gasteiger partial charge is 0.534 e. The molecular formula is C14H16BrF3O6S. The number of esters is 1. The molecule has 0 saturated carbocycles. The van der Waals surface area contributed by atoms with Gasteiger partial charge in [-0.2, -0.15) is 21.6 Å². The highest BCUT2D eigenvalue weighted by atomic mass is 79.9. The van der Waals surface area contributed by atoms with E-state index in [2.05, 4.69) is 24.8 Å². The molecule has 0 atom stereocenters. The zero-order chi connectivity index (χ0) is 19.4. The van der Waals surface area contributed by atoms with Crippen LogP contribution in [0.4, 0.5) is 13.2 Å². The summed E-state index contributed by atoms with van der Waals surface area (Å²) in [6.07, 6.45) is 1.48. The van der Waals surface area contributed by atoms with Gasteiger partial charge in [-0.25, -0.2) is 4.79 Å². The highest BCUT2D eigenvalue weighted by Gasteiger charge is 2.49. The third-order valence-electron chi connectivity index (χ3n) is 3.01. The maximum absolute atomic E-state index is 12.6. The number of halogens is 4. The van der Waals surface area contributed by atoms with Gasteiger partial charge in [0.15, 0.2) is 5.75 Å². The first-order valence-corrected chi connectivity index (χ1v) is 9.21. The van der Waals surface area contributed by atoms with Crippen molar-refractivity contribution in [3.8, 4) is 11.5 Å². The molecular weight excluding hydrogens is 433 g/mol. The van der Waals surface area contributed by atoms with E-state index in [4.69, 9.17) is 4.74 Å². The number of hydrogen-bond donors (Lipinski definition) is 0. The van der Waals surface area contributed by atoms with Gasteiger partial charge in [-0.15, -0.1) is 0 Å². The molecule has 11 heteroatoms. The molecule has 1 aromatic carbocycles. The summed E-state index contributed by atoms with van der Waals surface area (Å²) in [4.78, 5) is 11.9. The first-order valence-electron chi connectivity index (χ1n) is 7.01. The van der Waals surface area contributed by atoms with Gasteiger partial charge in [0.1, 0.15) is 15.8 Å². The smallest absolute Gasteiger partial charge is 0.492 e. The van der Waals surface area contributed by atoms with Gasteiger partial charge in [-0.3, -0.25) is 0 Å². The maximum Gasteiger partial charge on any atom is 0.534 e. The standard InChI is InChI=1S/C14H16BrF3O6S/c1-4-5-6-23-9-7-8(2)10(13(19)22-3)12(11(9)15)24-25(20,21)14(16,17)18/h7H,4-6H2,1-3H3. The van der Waals surface area contributed by atoms with Crippen molar-refractivity contribution in [1.82, 2.24) is 0 Å². The number of alkyl halides is 3. The number of aryl methyl sites for hydroxylation is 1. The van der Waals surface area contributed by atoms with Gasteiger partial charge in [0.05, 0.1) is 13.7 Å². The van der Waals surface area contributed by atoms with E-state index in [1.54, 1.807) is 0 Å². The van der Waals surface area contributed by atoms with Gasteiger partial charge in [0.25, 0.3) is 0 Å². The second kappa shape index (κ2) is 8.26. The Balaban J connectivity index is 3.51. The molecule has 6 nitrogen and oxygen atoms in total. The fourth-order valence-corrected chi connectivity index (χ4v) is 2.85. The Kier molecular flexibility index (Phi) is 7.12. The highest BCUT2D eigenvalue weighted by Crippen LogP contribution is 2.42. The van der Waals surface area contributed by atoms with Crippen LogP contribution in [0.2, 0.25) is 0 Å². The van der Waals surface area contributed by atoms with E-state index < -0.39 is 32.9 Å². The molecule has 0 heterocycles. The van der Waals surface area contributed by atoms with Crippen molar-refractivity contribution in [2.75, 3.05) is 13.7 Å². The van der Waals surface area contributed by atoms with Gasteiger partial charge in [-0.1, -0.05) is 13.3 Å². The molecule has 0 spiro atoms. The molecule has 0 aliphatic heterocycles. The maximum atomic E-state index is 12.6. The number of ether oxygens (including phenoxy) is 2. The van der Waals surface area contributed by atoms with E-state index in [-0.39, 0.29) is 22.4 Å². The Morgan fingerprint density at radius 1 is 1.32 bits per heavy atom. The van der Waals surface area contributed by atoms with E-state index in [1.165, 1.54) is 13.0 Å². The summed E-state index contributed by atoms with van der Waals surface area (Å²) in [6, 6.07) is 1.37. The number of methoxy groups -OCH3 is 1. The van der Waals surface area contributed by atoms with Crippen molar-refractivity contribution < 1.29 is 40.0 Å². The lowest BCUT2D eigenvalue weighted by Gasteiger charge is -2.18. The normalized spacial score (nSPS) is 12.0. The van der Waals surface area contributed by atoms with Crippen LogP contribution in [0.25, 0.3) is 0 Å². The lowest BCUT2D eigenvalue weighted by atomic mass is 10.1. The molecule has 0 unspecified atom stereocenters. The molecule has 142 valence electrons. The van der Waals surface area contributed by atoms with E-state index in [0.717, 1.165) is 13.5 Å². The number of benzene rings is 1. The van der Waals surface area contributed by atoms with Crippen molar-refractivity contribution in [3.05, 3.63) is 21.7 Å². The van der Waals surface area contributed by atoms with Crippen molar-refractivity contribution in [1.29, 1.82) is 0 Å². The second-order valence-electron chi connectivity index (χ2n) is 4.89. The molecule has 0 aromatic heterocycles. The van der Waals surface area contributed by atoms with Gasteiger partial charge in [-0.05, 0) is 40.9 Å². The molecule has 1 rings (SSSR count). The number of hydrogen-bond acceptors (Lipinski definition) is 6. The van der Waals surface area contributed by atoms with Crippen LogP contribution in [-0.4, -0.2) is 33.6 Å². The zero-order valence-electron chi connectivity index (χ0n) is 13.6. The minimum Gasteiger partial charge on any atom is -0.492 e. The third-order valence-corrected chi connectivity index (χ3v) is 4.71. The van der Waals surface area contributed by atoms with Crippen LogP contribution >= 0.6 is 15.9 Å². The van der Waals surface area contributed by atoms with Crippen molar-refractivity contribution in [2.24, 2.45) is 0 Å². The Morgan fingerprint density at radius 2 is 1.92 bits per heavy atom. The minimum atomic E-state index is -5.99. The Labute approximate surface area is 151 Å². The average molecular weight is 449 g/mol. The second-order valence-corrected chi connectivity index (χ2v) is 7.22. The Morgan fingerprint density at radius 3 is 2.40 bits per heavy atom. The molecule has 25 heavy (non-hydrogen) atoms. The number of carbonyl (C=O) groups is 1. The van der Waals surface area contributed by atoms with Gasteiger partial charge in [0.2, 0.25) is 0 Å². The molecule has 0 fully saturated rings. The van der Waals surface area contributed by atoms with Crippen LogP contribution in [-0.2, 0) is 14.9 Å². The molecule has 0 amide bonds. The number of carbonyl (C=O) groups excluding carboxylic acids is 1. The van der Waals surface area contributed by atoms with E-state index in [1.807, 2.05) is 6.92 Å². The van der Waals surface area contributed by atoms with Gasteiger partial charge >= 0.3 is 21.6 Å². The summed E-state index contributed by atoms with van der Waals surface area (Å²) in [6.45, 7) is 3.55. The molecule has 1 aromatic rings. The van der Waals surface area contributed by atoms with E-state index in [9.17, 15) is 26.4 Å². The molecule has 0 bridgehead atoms. The van der Waals surface area contributed by atoms with Crippen LogP contribution in [0.15, 0.2) is 10.5 Å². The number of rotatable bonds is 7. The van der Waals surface area contributed by atoms with Crippen molar-refractivity contribution in [2.45, 2.75) is 32.2 Å².